The number of nitrogens with zero attached hydrogens (tertiary/aromatic N) is 6. The van der Waals surface area contributed by atoms with E-state index >= 15 is 0 Å². The Kier molecular flexibility index (Phi) is 4.03. The van der Waals surface area contributed by atoms with Gasteiger partial charge in [0.05, 0.1) is 35.6 Å². The molecule has 0 bridgehead atoms. The average molecular weight is 363 g/mol. The molecule has 0 fully saturated rings. The zero-order chi connectivity index (χ0) is 19.0. The number of rotatable bonds is 4. The lowest BCUT2D eigenvalue weighted by atomic mass is 10.1. The summed E-state index contributed by atoms with van der Waals surface area (Å²) in [6, 6.07) is 5.66. The second-order valence-electron chi connectivity index (χ2n) is 5.85. The van der Waals surface area contributed by atoms with E-state index in [0.29, 0.717) is 28.2 Å². The number of methoxy groups -OCH3 is 1. The number of aryl methyl sites for hydroxylation is 1. The normalized spacial score (nSPS) is 10.9. The maximum atomic E-state index is 12.3. The number of fused-ring (bicyclic) bond motifs is 1. The van der Waals surface area contributed by atoms with Crippen LogP contribution >= 0.6 is 0 Å². The van der Waals surface area contributed by atoms with Crippen molar-refractivity contribution in [3.8, 4) is 22.8 Å². The van der Waals surface area contributed by atoms with Crippen LogP contribution in [0.15, 0.2) is 43.2 Å². The summed E-state index contributed by atoms with van der Waals surface area (Å²) in [5.74, 6) is 0.896. The second kappa shape index (κ2) is 6.52. The van der Waals surface area contributed by atoms with Crippen molar-refractivity contribution >= 4 is 16.9 Å². The smallest absolute Gasteiger partial charge is 0.254 e. The Morgan fingerprint density at radius 3 is 2.74 bits per heavy atom. The van der Waals surface area contributed by atoms with Gasteiger partial charge in [-0.3, -0.25) is 19.0 Å². The van der Waals surface area contributed by atoms with E-state index in [0.717, 1.165) is 11.3 Å². The maximum absolute atomic E-state index is 12.3. The molecule has 9 nitrogen and oxygen atoms in total. The molecule has 3 aromatic heterocycles. The first-order chi connectivity index (χ1) is 13.1. The molecule has 4 aromatic rings. The monoisotopic (exact) mass is 363 g/mol. The van der Waals surface area contributed by atoms with E-state index in [-0.39, 0.29) is 5.91 Å². The number of hydrogen-bond donors (Lipinski definition) is 1. The van der Waals surface area contributed by atoms with Gasteiger partial charge in [-0.15, -0.1) is 0 Å². The molecule has 0 aliphatic heterocycles. The number of carbonyl (C=O) groups is 1. The standard InChI is InChI=1S/C18H17N7O2/c1-19-18(26)12-7-20-8-13-15(12)25(10-21-13)14-6-4-5-11(16(14)27-3)17-22-9-24(2)23-17/h4-10H,1-3H3,(H,19,26). The highest BCUT2D eigenvalue weighted by atomic mass is 16.5. The van der Waals surface area contributed by atoms with E-state index in [4.69, 9.17) is 4.74 Å². The highest BCUT2D eigenvalue weighted by Crippen LogP contribution is 2.35. The Bertz CT molecular complexity index is 1150. The molecule has 1 N–H and O–H groups in total. The number of aromatic nitrogens is 6. The number of carbonyl (C=O) groups excluding carboxylic acids is 1. The fourth-order valence-corrected chi connectivity index (χ4v) is 3.02. The number of amides is 1. The zero-order valence-corrected chi connectivity index (χ0v) is 15.0. The average Bonchev–Trinajstić information content (AvgIpc) is 3.32. The molecule has 1 aromatic carbocycles. The van der Waals surface area contributed by atoms with E-state index < -0.39 is 0 Å². The molecular weight excluding hydrogens is 346 g/mol. The third-order valence-corrected chi connectivity index (χ3v) is 4.22. The van der Waals surface area contributed by atoms with Crippen LogP contribution in [0.3, 0.4) is 0 Å². The lowest BCUT2D eigenvalue weighted by Crippen LogP contribution is -2.19. The molecule has 0 aliphatic carbocycles. The summed E-state index contributed by atoms with van der Waals surface area (Å²) in [7, 11) is 4.97. The number of hydrogen-bond acceptors (Lipinski definition) is 6. The topological polar surface area (TPSA) is 99.8 Å². The molecule has 3 heterocycles. The summed E-state index contributed by atoms with van der Waals surface area (Å²) in [5, 5.41) is 7.00. The summed E-state index contributed by atoms with van der Waals surface area (Å²) in [6.45, 7) is 0. The number of para-hydroxylation sites is 1. The first-order valence-electron chi connectivity index (χ1n) is 8.20. The first kappa shape index (κ1) is 16.7. The van der Waals surface area contributed by atoms with Gasteiger partial charge >= 0.3 is 0 Å². The molecule has 0 saturated carbocycles. The van der Waals surface area contributed by atoms with Gasteiger partial charge in [-0.2, -0.15) is 5.10 Å². The molecule has 0 radical (unpaired) electrons. The van der Waals surface area contributed by atoms with Crippen LogP contribution in [0.2, 0.25) is 0 Å². The Morgan fingerprint density at radius 1 is 1.19 bits per heavy atom. The summed E-state index contributed by atoms with van der Waals surface area (Å²) < 4.78 is 9.13. The molecule has 136 valence electrons. The molecule has 0 unspecified atom stereocenters. The molecule has 0 atom stereocenters. The molecule has 1 amide bonds. The van der Waals surface area contributed by atoms with Crippen molar-refractivity contribution in [1.82, 2.24) is 34.6 Å². The molecule has 27 heavy (non-hydrogen) atoms. The van der Waals surface area contributed by atoms with E-state index in [9.17, 15) is 4.79 Å². The van der Waals surface area contributed by atoms with Gasteiger partial charge in [-0.25, -0.2) is 9.97 Å². The molecule has 0 aliphatic rings. The maximum Gasteiger partial charge on any atom is 0.254 e. The van der Waals surface area contributed by atoms with Crippen molar-refractivity contribution in [1.29, 1.82) is 0 Å². The van der Waals surface area contributed by atoms with Crippen molar-refractivity contribution in [3.63, 3.8) is 0 Å². The molecule has 9 heteroatoms. The van der Waals surface area contributed by atoms with Gasteiger partial charge in [0.2, 0.25) is 0 Å². The van der Waals surface area contributed by atoms with E-state index in [1.807, 2.05) is 22.8 Å². The minimum Gasteiger partial charge on any atom is -0.494 e. The summed E-state index contributed by atoms with van der Waals surface area (Å²) >= 11 is 0. The van der Waals surface area contributed by atoms with E-state index in [2.05, 4.69) is 25.4 Å². The Labute approximate surface area is 154 Å². The number of imidazole rings is 1. The van der Waals surface area contributed by atoms with Gasteiger partial charge in [0.15, 0.2) is 11.6 Å². The van der Waals surface area contributed by atoms with Crippen molar-refractivity contribution in [2.75, 3.05) is 14.2 Å². The summed E-state index contributed by atoms with van der Waals surface area (Å²) in [4.78, 5) is 25.1. The van der Waals surface area contributed by atoms with E-state index in [1.54, 1.807) is 44.7 Å². The zero-order valence-electron chi connectivity index (χ0n) is 15.0. The largest absolute Gasteiger partial charge is 0.494 e. The number of benzene rings is 1. The lowest BCUT2D eigenvalue weighted by molar-refractivity contribution is 0.0964. The van der Waals surface area contributed by atoms with Gasteiger partial charge < -0.3 is 10.1 Å². The van der Waals surface area contributed by atoms with Crippen molar-refractivity contribution in [3.05, 3.63) is 48.8 Å². The van der Waals surface area contributed by atoms with Crippen LogP contribution in [0.5, 0.6) is 5.75 Å². The van der Waals surface area contributed by atoms with E-state index in [1.165, 1.54) is 6.20 Å². The van der Waals surface area contributed by atoms with Gasteiger partial charge in [-0.1, -0.05) is 6.07 Å². The minimum atomic E-state index is -0.239. The second-order valence-corrected chi connectivity index (χ2v) is 5.85. The highest BCUT2D eigenvalue weighted by molar-refractivity contribution is 6.05. The van der Waals surface area contributed by atoms with Crippen LogP contribution in [0.25, 0.3) is 28.1 Å². The third-order valence-electron chi connectivity index (χ3n) is 4.22. The number of nitrogens with one attached hydrogen (secondary N) is 1. The molecular formula is C18H17N7O2. The molecule has 4 rings (SSSR count). The van der Waals surface area contributed by atoms with Crippen LogP contribution in [-0.2, 0) is 7.05 Å². The van der Waals surface area contributed by atoms with Crippen LogP contribution in [0, 0.1) is 0 Å². The highest BCUT2D eigenvalue weighted by Gasteiger charge is 2.20. The van der Waals surface area contributed by atoms with Crippen LogP contribution < -0.4 is 10.1 Å². The number of ether oxygens (including phenoxy) is 1. The molecule has 0 spiro atoms. The Morgan fingerprint density at radius 2 is 2.04 bits per heavy atom. The quantitative estimate of drug-likeness (QED) is 0.591. The van der Waals surface area contributed by atoms with Crippen molar-refractivity contribution in [2.24, 2.45) is 7.05 Å². The van der Waals surface area contributed by atoms with Crippen LogP contribution in [0.1, 0.15) is 10.4 Å². The van der Waals surface area contributed by atoms with Crippen molar-refractivity contribution in [2.45, 2.75) is 0 Å². The number of pyridine rings is 1. The minimum absolute atomic E-state index is 0.239. The Hall–Kier alpha value is -3.75. The Balaban J connectivity index is 1.98. The molecule has 0 saturated heterocycles. The van der Waals surface area contributed by atoms with Gasteiger partial charge in [0.25, 0.3) is 5.91 Å². The van der Waals surface area contributed by atoms with Crippen LogP contribution in [0.4, 0.5) is 0 Å². The predicted octanol–water partition coefficient (Wildman–Crippen LogP) is 1.58. The predicted molar refractivity (Wildman–Crippen MR) is 98.8 cm³/mol. The van der Waals surface area contributed by atoms with Crippen molar-refractivity contribution < 1.29 is 9.53 Å². The fraction of sp³-hybridized carbons (Fsp3) is 0.167. The SMILES string of the molecule is CNC(=O)c1cncc2ncn(-c3cccc(-c4ncn(C)n4)c3OC)c12. The lowest BCUT2D eigenvalue weighted by Gasteiger charge is -2.14. The van der Waals surface area contributed by atoms with Gasteiger partial charge in [-0.05, 0) is 12.1 Å². The summed E-state index contributed by atoms with van der Waals surface area (Å²) in [6.07, 6.45) is 6.42. The van der Waals surface area contributed by atoms with Crippen LogP contribution in [-0.4, -0.2) is 49.4 Å². The first-order valence-corrected chi connectivity index (χ1v) is 8.20. The third kappa shape index (κ3) is 2.69. The fourth-order valence-electron chi connectivity index (χ4n) is 3.02. The van der Waals surface area contributed by atoms with Gasteiger partial charge in [0, 0.05) is 20.3 Å². The summed E-state index contributed by atoms with van der Waals surface area (Å²) in [5.41, 5.74) is 3.15. The van der Waals surface area contributed by atoms with Gasteiger partial charge in [0.1, 0.15) is 18.2 Å².